The van der Waals surface area contributed by atoms with E-state index in [-0.39, 0.29) is 102 Å². The maximum Gasteiger partial charge on any atom is 0.262 e. The number of allylic oxidation sites excluding steroid dienone is 4. The first-order valence-corrected chi connectivity index (χ1v) is 10.3. The van der Waals surface area contributed by atoms with Gasteiger partial charge in [0, 0.05) is 29.6 Å². The molecule has 9 heteroatoms. The summed E-state index contributed by atoms with van der Waals surface area (Å²) in [5.41, 5.74) is 16.7. The smallest absolute Gasteiger partial charge is 0.262 e. The molecule has 0 aliphatic carbocycles. The quantitative estimate of drug-likeness (QED) is 0.235. The Bertz CT molecular complexity index is 1090. The van der Waals surface area contributed by atoms with Crippen molar-refractivity contribution in [2.75, 3.05) is 11.4 Å². The SMILES string of the molecule is C[n+]1c(C=CC=C2C=CN(C(N)CCN)c3ccccc32)sc2ccccc21.I.I.I.I. The van der Waals surface area contributed by atoms with Crippen LogP contribution < -0.4 is 20.9 Å². The topological polar surface area (TPSA) is 59.2 Å². The van der Waals surface area contributed by atoms with Crippen LogP contribution in [0.25, 0.3) is 21.9 Å². The summed E-state index contributed by atoms with van der Waals surface area (Å²) in [5.74, 6) is 0. The Morgan fingerprint density at radius 1 is 1.03 bits per heavy atom. The summed E-state index contributed by atoms with van der Waals surface area (Å²) < 4.78 is 3.53. The van der Waals surface area contributed by atoms with Crippen LogP contribution >= 0.6 is 107 Å². The highest BCUT2D eigenvalue weighted by molar-refractivity contribution is 14.0. The van der Waals surface area contributed by atoms with Gasteiger partial charge in [0.15, 0.2) is 0 Å². The molecule has 0 fully saturated rings. The Hall–Kier alpha value is 0.190. The van der Waals surface area contributed by atoms with Crippen molar-refractivity contribution in [1.82, 2.24) is 0 Å². The minimum Gasteiger partial charge on any atom is -0.332 e. The Labute approximate surface area is 262 Å². The predicted molar refractivity (Wildman–Crippen MR) is 181 cm³/mol. The molecule has 0 amide bonds. The standard InChI is InChI=1S/C23H25N4S.4HI/c1-26-20-10-4-5-11-21(20)28-23(26)12-6-7-17-14-16-27(22(25)13-15-24)19-9-3-2-8-18(17)19;;;;/h2-12,14,16,22H,13,15,24-25H2,1H3;4*1H/q+1;;;;. The number of nitrogens with zero attached hydrogens (tertiary/aromatic N) is 2. The lowest BCUT2D eigenvalue weighted by atomic mass is 9.99. The van der Waals surface area contributed by atoms with Crippen molar-refractivity contribution in [3.63, 3.8) is 0 Å². The second-order valence-electron chi connectivity index (χ2n) is 6.83. The molecular formula is C23H29I4N4S+. The molecular weight excluding hydrogens is 872 g/mol. The maximum atomic E-state index is 6.31. The number of anilines is 1. The van der Waals surface area contributed by atoms with Gasteiger partial charge in [0.1, 0.15) is 11.7 Å². The summed E-state index contributed by atoms with van der Waals surface area (Å²) in [6.45, 7) is 0.575. The molecule has 0 saturated carbocycles. The Balaban J connectivity index is 0.00000240. The number of aromatic nitrogens is 1. The lowest BCUT2D eigenvalue weighted by Gasteiger charge is -2.32. The summed E-state index contributed by atoms with van der Waals surface area (Å²) in [5, 5.41) is 1.22. The van der Waals surface area contributed by atoms with Crippen molar-refractivity contribution < 1.29 is 4.57 Å². The number of hydrogen-bond donors (Lipinski definition) is 2. The van der Waals surface area contributed by atoms with Crippen LogP contribution in [0.2, 0.25) is 0 Å². The van der Waals surface area contributed by atoms with Crippen molar-refractivity contribution in [2.45, 2.75) is 12.6 Å². The van der Waals surface area contributed by atoms with Crippen LogP contribution in [-0.4, -0.2) is 12.7 Å². The zero-order chi connectivity index (χ0) is 19.5. The molecule has 1 aliphatic rings. The van der Waals surface area contributed by atoms with Gasteiger partial charge in [-0.25, -0.2) is 0 Å². The number of para-hydroxylation sites is 2. The first-order valence-electron chi connectivity index (χ1n) is 9.46. The van der Waals surface area contributed by atoms with Crippen molar-refractivity contribution in [1.29, 1.82) is 0 Å². The van der Waals surface area contributed by atoms with Crippen molar-refractivity contribution in [2.24, 2.45) is 18.5 Å². The summed E-state index contributed by atoms with van der Waals surface area (Å²) in [7, 11) is 2.11. The van der Waals surface area contributed by atoms with Crippen LogP contribution in [0.4, 0.5) is 5.69 Å². The lowest BCUT2D eigenvalue weighted by Crippen LogP contribution is -2.41. The van der Waals surface area contributed by atoms with Crippen LogP contribution in [-0.2, 0) is 7.05 Å². The zero-order valence-corrected chi connectivity index (χ0v) is 27.7. The highest BCUT2D eigenvalue weighted by atomic mass is 127. The fraction of sp³-hybridized carbons (Fsp3) is 0.174. The average Bonchev–Trinajstić information content (AvgIpc) is 3.04. The van der Waals surface area contributed by atoms with Crippen molar-refractivity contribution in [3.05, 3.63) is 83.5 Å². The third-order valence-corrected chi connectivity index (χ3v) is 6.20. The van der Waals surface area contributed by atoms with E-state index in [2.05, 4.69) is 89.5 Å². The molecule has 1 atom stereocenters. The van der Waals surface area contributed by atoms with Gasteiger partial charge in [-0.15, -0.1) is 95.9 Å². The molecule has 3 aromatic rings. The van der Waals surface area contributed by atoms with E-state index in [9.17, 15) is 0 Å². The molecule has 2 heterocycles. The molecule has 1 aliphatic heterocycles. The molecule has 0 bridgehead atoms. The molecule has 0 spiro atoms. The Kier molecular flexibility index (Phi) is 15.3. The monoisotopic (exact) mass is 901 g/mol. The van der Waals surface area contributed by atoms with E-state index < -0.39 is 0 Å². The van der Waals surface area contributed by atoms with E-state index in [4.69, 9.17) is 11.5 Å². The zero-order valence-electron chi connectivity index (χ0n) is 17.6. The lowest BCUT2D eigenvalue weighted by molar-refractivity contribution is -0.642. The van der Waals surface area contributed by atoms with E-state index in [1.165, 1.54) is 26.4 Å². The molecule has 4 N–H and O–H groups in total. The van der Waals surface area contributed by atoms with E-state index in [0.717, 1.165) is 12.1 Å². The fourth-order valence-electron chi connectivity index (χ4n) is 3.52. The van der Waals surface area contributed by atoms with E-state index in [0.29, 0.717) is 6.54 Å². The van der Waals surface area contributed by atoms with Gasteiger partial charge in [0.25, 0.3) is 5.01 Å². The highest BCUT2D eigenvalue weighted by Crippen LogP contribution is 2.33. The molecule has 32 heavy (non-hydrogen) atoms. The largest absolute Gasteiger partial charge is 0.332 e. The van der Waals surface area contributed by atoms with E-state index in [1.807, 2.05) is 6.07 Å². The number of halogens is 4. The second kappa shape index (κ2) is 15.2. The number of benzene rings is 2. The first-order chi connectivity index (χ1) is 13.7. The average molecular weight is 901 g/mol. The van der Waals surface area contributed by atoms with Gasteiger partial charge in [-0.2, -0.15) is 4.57 Å². The summed E-state index contributed by atoms with van der Waals surface area (Å²) in [4.78, 5) is 2.11. The Morgan fingerprint density at radius 3 is 2.44 bits per heavy atom. The van der Waals surface area contributed by atoms with Crippen molar-refractivity contribution >= 4 is 135 Å². The van der Waals surface area contributed by atoms with Crippen LogP contribution in [0.3, 0.4) is 0 Å². The maximum absolute atomic E-state index is 6.31. The number of aryl methyl sites for hydroxylation is 1. The van der Waals surface area contributed by atoms with Crippen LogP contribution in [0, 0.1) is 0 Å². The van der Waals surface area contributed by atoms with Gasteiger partial charge in [0.05, 0.1) is 6.17 Å². The summed E-state index contributed by atoms with van der Waals surface area (Å²) >= 11 is 1.80. The highest BCUT2D eigenvalue weighted by Gasteiger charge is 2.20. The third kappa shape index (κ3) is 7.10. The molecule has 0 radical (unpaired) electrons. The summed E-state index contributed by atoms with van der Waals surface area (Å²) in [6.07, 6.45) is 11.3. The molecule has 2 aromatic carbocycles. The molecule has 1 unspecified atom stereocenters. The normalized spacial score (nSPS) is 14.2. The number of rotatable bonds is 5. The third-order valence-electron chi connectivity index (χ3n) is 5.01. The van der Waals surface area contributed by atoms with Crippen LogP contribution in [0.15, 0.2) is 73.0 Å². The number of fused-ring (bicyclic) bond motifs is 2. The van der Waals surface area contributed by atoms with E-state index in [1.54, 1.807) is 11.3 Å². The van der Waals surface area contributed by atoms with Gasteiger partial charge >= 0.3 is 0 Å². The molecule has 4 rings (SSSR count). The predicted octanol–water partition coefficient (Wildman–Crippen LogP) is 6.26. The second-order valence-corrected chi connectivity index (χ2v) is 7.90. The minimum absolute atomic E-state index is 0. The minimum atomic E-state index is -0.114. The molecule has 4 nitrogen and oxygen atoms in total. The van der Waals surface area contributed by atoms with Gasteiger partial charge < -0.3 is 16.4 Å². The number of thiazole rings is 1. The molecule has 1 aromatic heterocycles. The number of hydrogen-bond acceptors (Lipinski definition) is 4. The van der Waals surface area contributed by atoms with Crippen LogP contribution in [0.5, 0.6) is 0 Å². The Morgan fingerprint density at radius 2 is 1.72 bits per heavy atom. The van der Waals surface area contributed by atoms with Gasteiger partial charge in [-0.05, 0) is 36.7 Å². The van der Waals surface area contributed by atoms with Gasteiger partial charge in [0.2, 0.25) is 5.52 Å². The molecule has 0 saturated heterocycles. The fourth-order valence-corrected chi connectivity index (χ4v) is 4.58. The van der Waals surface area contributed by atoms with Crippen molar-refractivity contribution in [3.8, 4) is 0 Å². The van der Waals surface area contributed by atoms with E-state index >= 15 is 0 Å². The van der Waals surface area contributed by atoms with Gasteiger partial charge in [-0.3, -0.25) is 0 Å². The molecule has 174 valence electrons. The summed E-state index contributed by atoms with van der Waals surface area (Å²) in [6, 6.07) is 16.8. The number of nitrogens with two attached hydrogens (primary N) is 2. The van der Waals surface area contributed by atoms with Gasteiger partial charge in [-0.1, -0.05) is 53.8 Å². The first kappa shape index (κ1) is 32.2. The van der Waals surface area contributed by atoms with Crippen LogP contribution in [0.1, 0.15) is 17.0 Å².